The normalized spacial score (nSPS) is 12.9. The fourth-order valence-corrected chi connectivity index (χ4v) is 1.41. The second-order valence-corrected chi connectivity index (χ2v) is 9.00. The van der Waals surface area contributed by atoms with E-state index in [9.17, 15) is 0 Å². The number of hydrogen-bond donors (Lipinski definition) is 1. The van der Waals surface area contributed by atoms with Crippen molar-refractivity contribution in [1.82, 2.24) is 0 Å². The lowest BCUT2D eigenvalue weighted by molar-refractivity contribution is 1.24. The van der Waals surface area contributed by atoms with Gasteiger partial charge in [-0.3, -0.25) is 0 Å². The summed E-state index contributed by atoms with van der Waals surface area (Å²) in [7, 11) is -0.837. The Hall–Kier alpha value is -0.0831. The summed E-state index contributed by atoms with van der Waals surface area (Å²) in [6.45, 7) is 7.75. The van der Waals surface area contributed by atoms with Gasteiger partial charge in [0.1, 0.15) is 0 Å². The monoisotopic (exact) mass is 143 g/mol. The Morgan fingerprint density at radius 3 is 2.11 bits per heavy atom. The molecule has 0 aromatic carbocycles. The van der Waals surface area contributed by atoms with Crippen molar-refractivity contribution in [3.8, 4) is 0 Å². The van der Waals surface area contributed by atoms with E-state index in [4.69, 9.17) is 5.73 Å². The van der Waals surface area contributed by atoms with Crippen LogP contribution in [0, 0.1) is 0 Å². The van der Waals surface area contributed by atoms with Gasteiger partial charge < -0.3 is 5.73 Å². The molecule has 0 amide bonds. The first kappa shape index (κ1) is 8.92. The summed E-state index contributed by atoms with van der Waals surface area (Å²) in [5, 5.41) is 0. The minimum atomic E-state index is -0.837. The summed E-state index contributed by atoms with van der Waals surface area (Å²) in [4.78, 5) is 0. The molecule has 0 aromatic rings. The van der Waals surface area contributed by atoms with Gasteiger partial charge in [-0.25, -0.2) is 0 Å². The van der Waals surface area contributed by atoms with Crippen molar-refractivity contribution in [3.05, 3.63) is 12.2 Å². The highest BCUT2D eigenvalue weighted by atomic mass is 28.3. The van der Waals surface area contributed by atoms with Crippen LogP contribution in [0.15, 0.2) is 12.2 Å². The smallest absolute Gasteiger partial charge is 0.0480 e. The third-order valence-corrected chi connectivity index (χ3v) is 2.49. The maximum absolute atomic E-state index is 5.29. The molecule has 0 aliphatic heterocycles. The van der Waals surface area contributed by atoms with Crippen molar-refractivity contribution in [2.45, 2.75) is 25.7 Å². The summed E-state index contributed by atoms with van der Waals surface area (Å²) in [5.74, 6) is 0. The summed E-state index contributed by atoms with van der Waals surface area (Å²) < 4.78 is 0. The van der Waals surface area contributed by atoms with Gasteiger partial charge in [0.15, 0.2) is 0 Å². The van der Waals surface area contributed by atoms with Crippen LogP contribution in [-0.2, 0) is 0 Å². The molecule has 0 aromatic heterocycles. The predicted molar refractivity (Wildman–Crippen MR) is 46.3 cm³/mol. The first-order chi connectivity index (χ1) is 4.06. The number of hydrogen-bond acceptors (Lipinski definition) is 1. The summed E-state index contributed by atoms with van der Waals surface area (Å²) in [6, 6.07) is 1.25. The summed E-state index contributed by atoms with van der Waals surface area (Å²) >= 11 is 0. The second-order valence-electron chi connectivity index (χ2n) is 3.47. The standard InChI is InChI=1S/C7H17NSi/c1-9(2,3)7-5-4-6-8/h4-5H,6-8H2,1-3H3. The van der Waals surface area contributed by atoms with Crippen LogP contribution in [0.3, 0.4) is 0 Å². The van der Waals surface area contributed by atoms with E-state index in [0.29, 0.717) is 6.54 Å². The first-order valence-corrected chi connectivity index (χ1v) is 7.12. The topological polar surface area (TPSA) is 26.0 Å². The minimum absolute atomic E-state index is 0.685. The van der Waals surface area contributed by atoms with Gasteiger partial charge in [0.05, 0.1) is 0 Å². The Kier molecular flexibility index (Phi) is 3.82. The highest BCUT2D eigenvalue weighted by Gasteiger charge is 2.08. The van der Waals surface area contributed by atoms with E-state index < -0.39 is 8.07 Å². The molecular weight excluding hydrogens is 126 g/mol. The number of rotatable bonds is 3. The molecule has 0 spiro atoms. The fraction of sp³-hybridized carbons (Fsp3) is 0.714. The highest BCUT2D eigenvalue weighted by molar-refractivity contribution is 6.76. The van der Waals surface area contributed by atoms with Gasteiger partial charge in [-0.1, -0.05) is 31.8 Å². The molecule has 0 bridgehead atoms. The maximum atomic E-state index is 5.29. The van der Waals surface area contributed by atoms with Crippen LogP contribution >= 0.6 is 0 Å². The van der Waals surface area contributed by atoms with E-state index in [0.717, 1.165) is 0 Å². The first-order valence-electron chi connectivity index (χ1n) is 3.41. The zero-order valence-corrected chi connectivity index (χ0v) is 7.65. The lowest BCUT2D eigenvalue weighted by Crippen LogP contribution is -2.17. The molecule has 9 heavy (non-hydrogen) atoms. The molecule has 2 heteroatoms. The Morgan fingerprint density at radius 2 is 1.78 bits per heavy atom. The molecule has 0 aliphatic rings. The molecular formula is C7H17NSi. The SMILES string of the molecule is C[Si](C)(C)CC=CCN. The summed E-state index contributed by atoms with van der Waals surface area (Å²) in [5.41, 5.74) is 5.29. The molecule has 0 fully saturated rings. The van der Waals surface area contributed by atoms with E-state index in [2.05, 4.69) is 25.7 Å². The molecule has 0 rings (SSSR count). The molecule has 0 saturated carbocycles. The van der Waals surface area contributed by atoms with Crippen LogP contribution in [-0.4, -0.2) is 14.6 Å². The van der Waals surface area contributed by atoms with Crippen molar-refractivity contribution >= 4 is 8.07 Å². The Balaban J connectivity index is 3.38. The molecule has 0 radical (unpaired) electrons. The van der Waals surface area contributed by atoms with Crippen molar-refractivity contribution < 1.29 is 0 Å². The molecule has 1 nitrogen and oxygen atoms in total. The van der Waals surface area contributed by atoms with Gasteiger partial charge in [-0.15, -0.1) is 0 Å². The Labute approximate surface area is 59.0 Å². The zero-order chi connectivity index (χ0) is 7.33. The van der Waals surface area contributed by atoms with Crippen molar-refractivity contribution in [2.75, 3.05) is 6.54 Å². The highest BCUT2D eigenvalue weighted by Crippen LogP contribution is 2.07. The van der Waals surface area contributed by atoms with Gasteiger partial charge in [-0.05, 0) is 6.04 Å². The van der Waals surface area contributed by atoms with Crippen LogP contribution in [0.4, 0.5) is 0 Å². The van der Waals surface area contributed by atoms with Crippen LogP contribution in [0.1, 0.15) is 0 Å². The maximum Gasteiger partial charge on any atom is 0.0480 e. The molecule has 0 heterocycles. The average molecular weight is 143 g/mol. The third kappa shape index (κ3) is 7.92. The minimum Gasteiger partial charge on any atom is -0.327 e. The molecule has 54 valence electrons. The molecule has 2 N–H and O–H groups in total. The van der Waals surface area contributed by atoms with Gasteiger partial charge >= 0.3 is 0 Å². The molecule has 0 unspecified atom stereocenters. The molecule has 0 aliphatic carbocycles. The van der Waals surface area contributed by atoms with Crippen LogP contribution in [0.25, 0.3) is 0 Å². The van der Waals surface area contributed by atoms with Crippen molar-refractivity contribution in [2.24, 2.45) is 5.73 Å². The number of allylic oxidation sites excluding steroid dienone is 1. The van der Waals surface area contributed by atoms with Crippen LogP contribution < -0.4 is 5.73 Å². The lowest BCUT2D eigenvalue weighted by atomic mass is 10.5. The van der Waals surface area contributed by atoms with Crippen molar-refractivity contribution in [1.29, 1.82) is 0 Å². The lowest BCUT2D eigenvalue weighted by Gasteiger charge is -2.11. The number of nitrogens with two attached hydrogens (primary N) is 1. The van der Waals surface area contributed by atoms with E-state index >= 15 is 0 Å². The van der Waals surface area contributed by atoms with Crippen molar-refractivity contribution in [3.63, 3.8) is 0 Å². The zero-order valence-electron chi connectivity index (χ0n) is 6.65. The van der Waals surface area contributed by atoms with Gasteiger partial charge in [-0.2, -0.15) is 0 Å². The Bertz CT molecular complexity index is 91.6. The van der Waals surface area contributed by atoms with Crippen LogP contribution in [0.2, 0.25) is 25.7 Å². The van der Waals surface area contributed by atoms with E-state index in [1.807, 2.05) is 6.08 Å². The molecule has 0 atom stereocenters. The van der Waals surface area contributed by atoms with Gasteiger partial charge in [0.2, 0.25) is 0 Å². The Morgan fingerprint density at radius 1 is 1.22 bits per heavy atom. The van der Waals surface area contributed by atoms with Gasteiger partial charge in [0, 0.05) is 14.6 Å². The molecule has 0 saturated heterocycles. The van der Waals surface area contributed by atoms with Gasteiger partial charge in [0.25, 0.3) is 0 Å². The third-order valence-electron chi connectivity index (χ3n) is 1.03. The second kappa shape index (κ2) is 3.85. The predicted octanol–water partition coefficient (Wildman–Crippen LogP) is 1.84. The van der Waals surface area contributed by atoms with Crippen LogP contribution in [0.5, 0.6) is 0 Å². The summed E-state index contributed by atoms with van der Waals surface area (Å²) in [6.07, 6.45) is 4.24. The van der Waals surface area contributed by atoms with E-state index in [-0.39, 0.29) is 0 Å². The quantitative estimate of drug-likeness (QED) is 0.473. The van der Waals surface area contributed by atoms with E-state index in [1.54, 1.807) is 0 Å². The van der Waals surface area contributed by atoms with E-state index in [1.165, 1.54) is 6.04 Å². The largest absolute Gasteiger partial charge is 0.327 e. The fourth-order valence-electron chi connectivity index (χ4n) is 0.533. The average Bonchev–Trinajstić information content (AvgIpc) is 1.63.